The van der Waals surface area contributed by atoms with Gasteiger partial charge in [0.25, 0.3) is 0 Å². The Morgan fingerprint density at radius 3 is 2.24 bits per heavy atom. The van der Waals surface area contributed by atoms with Crippen molar-refractivity contribution in [2.45, 2.75) is 65.3 Å². The molecule has 1 aromatic carbocycles. The molecule has 1 atom stereocenters. The Kier molecular flexibility index (Phi) is 5.41. The van der Waals surface area contributed by atoms with Crippen molar-refractivity contribution in [3.8, 4) is 0 Å². The van der Waals surface area contributed by atoms with E-state index in [1.54, 1.807) is 0 Å². The topological polar surface area (TPSA) is 12.5 Å². The van der Waals surface area contributed by atoms with E-state index >= 15 is 0 Å². The van der Waals surface area contributed by atoms with Crippen LogP contribution in [-0.2, 0) is 10.2 Å². The van der Waals surface area contributed by atoms with E-state index < -0.39 is 0 Å². The van der Waals surface area contributed by atoms with E-state index in [1.807, 2.05) is 0 Å². The average molecular weight is 342 g/mol. The van der Waals surface area contributed by atoms with Gasteiger partial charge in [-0.25, -0.2) is 0 Å². The molecule has 0 saturated carbocycles. The van der Waals surface area contributed by atoms with Crippen molar-refractivity contribution >= 4 is 0 Å². The van der Waals surface area contributed by atoms with Gasteiger partial charge in [0, 0.05) is 11.5 Å². The fraction of sp³-hybridized carbons (Fsp3) is 0.652. The Hall–Kier alpha value is -1.12. The average Bonchev–Trinajstić information content (AvgIpc) is 2.52. The third-order valence-electron chi connectivity index (χ3n) is 6.22. The summed E-state index contributed by atoms with van der Waals surface area (Å²) in [7, 11) is 0. The highest BCUT2D eigenvalue weighted by molar-refractivity contribution is 5.28. The number of rotatable bonds is 5. The Balaban J connectivity index is 1.72. The molecule has 0 aromatic heterocycles. The SMILES string of the molecule is CC(C)=CC(CC(C)(C)c1ccc(C)cc1)N1CCC2(CC1)COC2. The second-order valence-corrected chi connectivity index (χ2v) is 9.29. The van der Waals surface area contributed by atoms with E-state index in [2.05, 4.69) is 69.9 Å². The van der Waals surface area contributed by atoms with Crippen LogP contribution in [0.15, 0.2) is 35.9 Å². The first-order valence-corrected chi connectivity index (χ1v) is 9.84. The minimum absolute atomic E-state index is 0.180. The summed E-state index contributed by atoms with van der Waals surface area (Å²) < 4.78 is 5.49. The number of hydrogen-bond donors (Lipinski definition) is 0. The van der Waals surface area contributed by atoms with Crippen LogP contribution in [0.1, 0.15) is 58.1 Å². The lowest BCUT2D eigenvalue weighted by molar-refractivity contribution is -0.141. The Morgan fingerprint density at radius 2 is 1.76 bits per heavy atom. The van der Waals surface area contributed by atoms with Crippen LogP contribution in [0.3, 0.4) is 0 Å². The molecule has 0 bridgehead atoms. The molecule has 0 radical (unpaired) electrons. The van der Waals surface area contributed by atoms with Gasteiger partial charge in [-0.3, -0.25) is 4.90 Å². The van der Waals surface area contributed by atoms with Gasteiger partial charge in [-0.15, -0.1) is 0 Å². The molecule has 0 amide bonds. The molecule has 1 aromatic rings. The number of piperidine rings is 1. The van der Waals surface area contributed by atoms with Crippen LogP contribution < -0.4 is 0 Å². The van der Waals surface area contributed by atoms with Crippen LogP contribution in [0.2, 0.25) is 0 Å². The van der Waals surface area contributed by atoms with Crippen molar-refractivity contribution in [3.63, 3.8) is 0 Å². The van der Waals surface area contributed by atoms with Gasteiger partial charge in [0.1, 0.15) is 0 Å². The second-order valence-electron chi connectivity index (χ2n) is 9.29. The minimum atomic E-state index is 0.180. The van der Waals surface area contributed by atoms with E-state index in [-0.39, 0.29) is 5.41 Å². The summed E-state index contributed by atoms with van der Waals surface area (Å²) in [6.45, 7) is 15.8. The van der Waals surface area contributed by atoms with Crippen LogP contribution in [-0.4, -0.2) is 37.2 Å². The van der Waals surface area contributed by atoms with Gasteiger partial charge in [-0.2, -0.15) is 0 Å². The standard InChI is InChI=1S/C23H35NO/c1-18(2)14-21(24-12-10-23(11-13-24)16-25-17-23)15-22(4,5)20-8-6-19(3)7-9-20/h6-9,14,21H,10-13,15-17H2,1-5H3. The van der Waals surface area contributed by atoms with Crippen LogP contribution in [0, 0.1) is 12.3 Å². The number of allylic oxidation sites excluding steroid dienone is 1. The maximum absolute atomic E-state index is 5.49. The molecule has 1 spiro atoms. The van der Waals surface area contributed by atoms with Crippen molar-refractivity contribution in [2.75, 3.05) is 26.3 Å². The van der Waals surface area contributed by atoms with E-state index in [0.717, 1.165) is 13.2 Å². The first-order chi connectivity index (χ1) is 11.8. The smallest absolute Gasteiger partial charge is 0.0545 e. The summed E-state index contributed by atoms with van der Waals surface area (Å²) in [5.74, 6) is 0. The predicted molar refractivity (Wildman–Crippen MR) is 106 cm³/mol. The van der Waals surface area contributed by atoms with Gasteiger partial charge in [-0.05, 0) is 64.1 Å². The van der Waals surface area contributed by atoms with E-state index in [0.29, 0.717) is 11.5 Å². The third-order valence-corrected chi connectivity index (χ3v) is 6.22. The van der Waals surface area contributed by atoms with Gasteiger partial charge in [-0.1, -0.05) is 55.3 Å². The van der Waals surface area contributed by atoms with Crippen LogP contribution in [0.25, 0.3) is 0 Å². The number of hydrogen-bond acceptors (Lipinski definition) is 2. The molecule has 0 aliphatic carbocycles. The highest BCUT2D eigenvalue weighted by atomic mass is 16.5. The summed E-state index contributed by atoms with van der Waals surface area (Å²) >= 11 is 0. The Bertz CT molecular complexity index is 595. The van der Waals surface area contributed by atoms with Crippen molar-refractivity contribution < 1.29 is 4.74 Å². The van der Waals surface area contributed by atoms with Gasteiger partial charge in [0.2, 0.25) is 0 Å². The number of likely N-dealkylation sites (tertiary alicyclic amines) is 1. The molecule has 1 unspecified atom stereocenters. The highest BCUT2D eigenvalue weighted by Crippen LogP contribution is 2.40. The quantitative estimate of drug-likeness (QED) is 0.690. The first-order valence-electron chi connectivity index (χ1n) is 9.84. The predicted octanol–water partition coefficient (Wildman–Crippen LogP) is 5.11. The zero-order chi connectivity index (χ0) is 18.1. The normalized spacial score (nSPS) is 21.6. The number of ether oxygens (including phenoxy) is 1. The van der Waals surface area contributed by atoms with Crippen molar-refractivity contribution in [1.29, 1.82) is 0 Å². The largest absolute Gasteiger partial charge is 0.380 e. The lowest BCUT2D eigenvalue weighted by Crippen LogP contribution is -2.53. The number of benzene rings is 1. The summed E-state index contributed by atoms with van der Waals surface area (Å²) in [6, 6.07) is 9.64. The van der Waals surface area contributed by atoms with E-state index in [4.69, 9.17) is 4.74 Å². The molecule has 2 aliphatic heterocycles. The summed E-state index contributed by atoms with van der Waals surface area (Å²) in [5, 5.41) is 0. The third kappa shape index (κ3) is 4.35. The Morgan fingerprint density at radius 1 is 1.16 bits per heavy atom. The summed E-state index contributed by atoms with van der Waals surface area (Å²) in [6.07, 6.45) is 6.26. The molecule has 3 rings (SSSR count). The number of aryl methyl sites for hydroxylation is 1. The molecular weight excluding hydrogens is 306 g/mol. The zero-order valence-corrected chi connectivity index (χ0v) is 16.8. The molecule has 138 valence electrons. The number of nitrogens with zero attached hydrogens (tertiary/aromatic N) is 1. The fourth-order valence-corrected chi connectivity index (χ4v) is 4.33. The first kappa shape index (κ1) is 18.7. The minimum Gasteiger partial charge on any atom is -0.380 e. The van der Waals surface area contributed by atoms with Crippen molar-refractivity contribution in [2.24, 2.45) is 5.41 Å². The molecule has 0 N–H and O–H groups in total. The summed E-state index contributed by atoms with van der Waals surface area (Å²) in [4.78, 5) is 2.71. The van der Waals surface area contributed by atoms with Gasteiger partial charge in [0.05, 0.1) is 13.2 Å². The maximum Gasteiger partial charge on any atom is 0.0545 e. The van der Waals surface area contributed by atoms with Gasteiger partial charge >= 0.3 is 0 Å². The van der Waals surface area contributed by atoms with Crippen LogP contribution in [0.4, 0.5) is 0 Å². The van der Waals surface area contributed by atoms with Crippen molar-refractivity contribution in [1.82, 2.24) is 4.90 Å². The zero-order valence-electron chi connectivity index (χ0n) is 16.8. The fourth-order valence-electron chi connectivity index (χ4n) is 4.33. The lowest BCUT2D eigenvalue weighted by atomic mass is 9.75. The molecule has 2 heterocycles. The van der Waals surface area contributed by atoms with Crippen LogP contribution in [0.5, 0.6) is 0 Å². The molecule has 2 saturated heterocycles. The Labute approximate surface area is 154 Å². The monoisotopic (exact) mass is 341 g/mol. The molecule has 2 fully saturated rings. The maximum atomic E-state index is 5.49. The van der Waals surface area contributed by atoms with Gasteiger partial charge < -0.3 is 4.74 Å². The molecule has 2 nitrogen and oxygen atoms in total. The van der Waals surface area contributed by atoms with Crippen molar-refractivity contribution in [3.05, 3.63) is 47.0 Å². The molecular formula is C23H35NO. The van der Waals surface area contributed by atoms with Gasteiger partial charge in [0.15, 0.2) is 0 Å². The lowest BCUT2D eigenvalue weighted by Gasteiger charge is -2.49. The van der Waals surface area contributed by atoms with Crippen LogP contribution >= 0.6 is 0 Å². The van der Waals surface area contributed by atoms with E-state index in [9.17, 15) is 0 Å². The second kappa shape index (κ2) is 7.25. The van der Waals surface area contributed by atoms with E-state index in [1.165, 1.54) is 49.1 Å². The molecule has 25 heavy (non-hydrogen) atoms. The highest BCUT2D eigenvalue weighted by Gasteiger charge is 2.42. The molecule has 2 heteroatoms. The summed E-state index contributed by atoms with van der Waals surface area (Å²) in [5.41, 5.74) is 4.91. The molecule has 2 aliphatic rings.